The van der Waals surface area contributed by atoms with Gasteiger partial charge in [-0.3, -0.25) is 9.80 Å². The maximum absolute atomic E-state index is 7.03. The van der Waals surface area contributed by atoms with Gasteiger partial charge in [0, 0.05) is 30.7 Å². The fourth-order valence-corrected chi connectivity index (χ4v) is 7.28. The summed E-state index contributed by atoms with van der Waals surface area (Å²) in [5.74, 6) is 5.46. The van der Waals surface area contributed by atoms with Gasteiger partial charge in [0.1, 0.15) is 5.75 Å². The van der Waals surface area contributed by atoms with Crippen molar-refractivity contribution in [1.29, 1.82) is 0 Å². The highest BCUT2D eigenvalue weighted by Gasteiger charge is 2.34. The highest BCUT2D eigenvalue weighted by molar-refractivity contribution is 5.63. The molecular weight excluding hydrogens is 580 g/mol. The van der Waals surface area contributed by atoms with E-state index in [9.17, 15) is 0 Å². The Morgan fingerprint density at radius 3 is 1.96 bits per heavy atom. The van der Waals surface area contributed by atoms with Crippen LogP contribution in [0.3, 0.4) is 0 Å². The molecule has 6 bridgehead atoms. The predicted octanol–water partition coefficient (Wildman–Crippen LogP) is 7.16. The number of rotatable bonds is 4. The van der Waals surface area contributed by atoms with Crippen LogP contribution in [-0.4, -0.2) is 65.4 Å². The molecule has 46 heavy (non-hydrogen) atoms. The Morgan fingerprint density at radius 2 is 1.24 bits per heavy atom. The molecule has 0 aliphatic carbocycles. The van der Waals surface area contributed by atoms with Crippen LogP contribution >= 0.6 is 0 Å². The van der Waals surface area contributed by atoms with Crippen LogP contribution < -0.4 is 28.4 Å². The molecule has 8 nitrogen and oxygen atoms in total. The first-order valence-electron chi connectivity index (χ1n) is 15.9. The van der Waals surface area contributed by atoms with E-state index in [0.29, 0.717) is 40.2 Å². The highest BCUT2D eigenvalue weighted by atomic mass is 16.5. The number of hydrogen-bond acceptors (Lipinski definition) is 8. The fourth-order valence-electron chi connectivity index (χ4n) is 7.28. The van der Waals surface area contributed by atoms with Crippen LogP contribution in [0.1, 0.15) is 45.5 Å². The summed E-state index contributed by atoms with van der Waals surface area (Å²) in [6.07, 6.45) is 3.37. The van der Waals surface area contributed by atoms with Gasteiger partial charge in [-0.25, -0.2) is 0 Å². The molecule has 2 atom stereocenters. The summed E-state index contributed by atoms with van der Waals surface area (Å²) in [6, 6.07) is 21.2. The molecule has 4 aliphatic heterocycles. The predicted molar refractivity (Wildman–Crippen MR) is 178 cm³/mol. The summed E-state index contributed by atoms with van der Waals surface area (Å²) in [7, 11) is 11.1. The second kappa shape index (κ2) is 12.4. The molecular formula is C38H42N2O6. The molecule has 0 saturated carbocycles. The summed E-state index contributed by atoms with van der Waals surface area (Å²) in [5, 5.41) is 0. The zero-order valence-electron chi connectivity index (χ0n) is 27.5. The van der Waals surface area contributed by atoms with Gasteiger partial charge < -0.3 is 28.4 Å². The van der Waals surface area contributed by atoms with Crippen molar-refractivity contribution in [3.63, 3.8) is 0 Å². The van der Waals surface area contributed by atoms with Crippen molar-refractivity contribution in [1.82, 2.24) is 9.80 Å². The lowest BCUT2D eigenvalue weighted by Gasteiger charge is -2.37. The zero-order chi connectivity index (χ0) is 31.9. The number of methoxy groups -OCH3 is 4. The Hall–Kier alpha value is -4.40. The SMILES string of the molecule is COc1ccc2cc1Oc1ccc(cc1)C[C@H]1c3c(cc(OC)c(OC)c3Oc3cc4c(cc3OC)CCN(C)[C@@H]4C2)CCN1C. The number of likely N-dealkylation sites (N-methyl/N-ethyl adjacent to an activating group) is 2. The van der Waals surface area contributed by atoms with Crippen LogP contribution in [0.15, 0.2) is 60.7 Å². The minimum atomic E-state index is 0.0449. The normalized spacial score (nSPS) is 19.2. The third-order valence-corrected chi connectivity index (χ3v) is 9.85. The number of benzene rings is 4. The average molecular weight is 623 g/mol. The monoisotopic (exact) mass is 622 g/mol. The number of ether oxygens (including phenoxy) is 6. The smallest absolute Gasteiger partial charge is 0.204 e. The molecule has 4 aromatic rings. The van der Waals surface area contributed by atoms with Gasteiger partial charge in [-0.2, -0.15) is 0 Å². The van der Waals surface area contributed by atoms with E-state index in [2.05, 4.69) is 66.4 Å². The van der Waals surface area contributed by atoms with Crippen molar-refractivity contribution < 1.29 is 28.4 Å². The number of nitrogens with zero attached hydrogens (tertiary/aromatic N) is 2. The topological polar surface area (TPSA) is 61.9 Å². The molecule has 0 unspecified atom stereocenters. The van der Waals surface area contributed by atoms with Crippen molar-refractivity contribution in [3.05, 3.63) is 94.0 Å². The minimum absolute atomic E-state index is 0.0449. The summed E-state index contributed by atoms with van der Waals surface area (Å²) in [6.45, 7) is 1.86. The quantitative estimate of drug-likeness (QED) is 0.238. The molecule has 8 rings (SSSR count). The first-order valence-corrected chi connectivity index (χ1v) is 15.9. The van der Waals surface area contributed by atoms with E-state index >= 15 is 0 Å². The van der Waals surface area contributed by atoms with Crippen molar-refractivity contribution in [3.8, 4) is 46.0 Å². The van der Waals surface area contributed by atoms with E-state index in [4.69, 9.17) is 28.4 Å². The van der Waals surface area contributed by atoms with Gasteiger partial charge in [0.15, 0.2) is 34.5 Å². The lowest BCUT2D eigenvalue weighted by molar-refractivity contribution is 0.220. The van der Waals surface area contributed by atoms with E-state index in [-0.39, 0.29) is 12.1 Å². The van der Waals surface area contributed by atoms with E-state index in [1.54, 1.807) is 28.4 Å². The molecule has 0 fully saturated rings. The van der Waals surface area contributed by atoms with Crippen molar-refractivity contribution in [2.24, 2.45) is 0 Å². The molecule has 0 saturated heterocycles. The molecule has 0 amide bonds. The van der Waals surface area contributed by atoms with Crippen molar-refractivity contribution in [2.75, 3.05) is 55.6 Å². The van der Waals surface area contributed by atoms with Crippen LogP contribution in [0.4, 0.5) is 0 Å². The number of fused-ring (bicyclic) bond motifs is 2. The Balaban J connectivity index is 1.46. The summed E-state index contributed by atoms with van der Waals surface area (Å²) < 4.78 is 37.1. The first kappa shape index (κ1) is 30.3. The Morgan fingerprint density at radius 1 is 0.609 bits per heavy atom. The van der Waals surface area contributed by atoms with Gasteiger partial charge >= 0.3 is 0 Å². The highest BCUT2D eigenvalue weighted by Crippen LogP contribution is 2.51. The molecule has 0 spiro atoms. The van der Waals surface area contributed by atoms with Crippen LogP contribution in [0, 0.1) is 0 Å². The average Bonchev–Trinajstić information content (AvgIpc) is 3.07. The second-order valence-electron chi connectivity index (χ2n) is 12.5. The maximum Gasteiger partial charge on any atom is 0.204 e. The molecule has 240 valence electrons. The molecule has 0 aromatic heterocycles. The van der Waals surface area contributed by atoms with Crippen molar-refractivity contribution >= 4 is 0 Å². The fraction of sp³-hybridized carbons (Fsp3) is 0.368. The van der Waals surface area contributed by atoms with Gasteiger partial charge in [-0.1, -0.05) is 18.2 Å². The van der Waals surface area contributed by atoms with E-state index < -0.39 is 0 Å². The minimum Gasteiger partial charge on any atom is -0.493 e. The van der Waals surface area contributed by atoms with Crippen LogP contribution in [0.5, 0.6) is 46.0 Å². The molecule has 8 heteroatoms. The van der Waals surface area contributed by atoms with Crippen LogP contribution in [-0.2, 0) is 25.7 Å². The van der Waals surface area contributed by atoms with Gasteiger partial charge in [-0.15, -0.1) is 0 Å². The lowest BCUT2D eigenvalue weighted by atomic mass is 9.87. The standard InChI is InChI=1S/C38H42N2O6/c1-39-15-13-25-20-32(42-4)34-22-28(25)29(39)18-24-9-12-31(41-3)33(19-24)45-27-10-7-23(8-11-27)17-30-36-26(14-16-40(30)2)21-35(43-5)37(44-6)38(36)46-34/h7-12,19-22,29-30H,13-18H2,1-6H3/t29-,30+/m1/s1. The largest absolute Gasteiger partial charge is 0.493 e. The van der Waals surface area contributed by atoms with Crippen molar-refractivity contribution in [2.45, 2.75) is 37.8 Å². The van der Waals surface area contributed by atoms with Gasteiger partial charge in [-0.05, 0) is 110 Å². The molecule has 0 N–H and O–H groups in total. The summed E-state index contributed by atoms with van der Waals surface area (Å²) >= 11 is 0. The van der Waals surface area contributed by atoms with Crippen LogP contribution in [0.2, 0.25) is 0 Å². The zero-order valence-corrected chi connectivity index (χ0v) is 27.5. The van der Waals surface area contributed by atoms with Gasteiger partial charge in [0.25, 0.3) is 0 Å². The Labute approximate surface area is 271 Å². The molecule has 4 aromatic carbocycles. The van der Waals surface area contributed by atoms with Gasteiger partial charge in [0.2, 0.25) is 5.75 Å². The Kier molecular flexibility index (Phi) is 8.17. The van der Waals surface area contributed by atoms with Gasteiger partial charge in [0.05, 0.1) is 28.4 Å². The number of hydrogen-bond donors (Lipinski definition) is 0. The van der Waals surface area contributed by atoms with E-state index in [1.807, 2.05) is 18.2 Å². The Bertz CT molecular complexity index is 1750. The van der Waals surface area contributed by atoms with E-state index in [1.165, 1.54) is 22.3 Å². The summed E-state index contributed by atoms with van der Waals surface area (Å²) in [5.41, 5.74) is 7.15. The molecule has 4 heterocycles. The third kappa shape index (κ3) is 5.39. The van der Waals surface area contributed by atoms with E-state index in [0.717, 1.165) is 55.6 Å². The third-order valence-electron chi connectivity index (χ3n) is 9.85. The maximum atomic E-state index is 7.03. The second-order valence-corrected chi connectivity index (χ2v) is 12.5. The molecule has 0 radical (unpaired) electrons. The summed E-state index contributed by atoms with van der Waals surface area (Å²) in [4.78, 5) is 4.81. The molecule has 4 aliphatic rings. The lowest BCUT2D eigenvalue weighted by Crippen LogP contribution is -2.34. The van der Waals surface area contributed by atoms with Crippen LogP contribution in [0.25, 0.3) is 0 Å². The first-order chi connectivity index (χ1) is 22.4.